The van der Waals surface area contributed by atoms with Crippen molar-refractivity contribution in [2.75, 3.05) is 51.3 Å². The summed E-state index contributed by atoms with van der Waals surface area (Å²) in [6, 6.07) is 15.7. The lowest BCUT2D eigenvalue weighted by Gasteiger charge is -2.26. The van der Waals surface area contributed by atoms with E-state index < -0.39 is 29.5 Å². The molecule has 3 aromatic carbocycles. The second kappa shape index (κ2) is 15.1. The number of thiocarbonyl (C=S) groups is 1. The minimum absolute atomic E-state index is 0.00816. The summed E-state index contributed by atoms with van der Waals surface area (Å²) in [7, 11) is 0. The van der Waals surface area contributed by atoms with Gasteiger partial charge < -0.3 is 19.9 Å². The second-order valence-corrected chi connectivity index (χ2v) is 12.3. The van der Waals surface area contributed by atoms with Gasteiger partial charge in [0.15, 0.2) is 0 Å². The number of nitrogens with one attached hydrogen (secondary N) is 1. The van der Waals surface area contributed by atoms with Crippen LogP contribution < -0.4 is 10.1 Å². The van der Waals surface area contributed by atoms with Crippen molar-refractivity contribution < 1.29 is 42.1 Å². The molecule has 47 heavy (non-hydrogen) atoms. The number of amides is 2. The molecule has 0 aromatic heterocycles. The van der Waals surface area contributed by atoms with Crippen LogP contribution in [0, 0.1) is 0 Å². The van der Waals surface area contributed by atoms with Crippen molar-refractivity contribution >= 4 is 57.8 Å². The van der Waals surface area contributed by atoms with Gasteiger partial charge in [0.25, 0.3) is 5.91 Å². The first-order chi connectivity index (χ1) is 22.5. The van der Waals surface area contributed by atoms with Gasteiger partial charge in [-0.25, -0.2) is 4.79 Å². The summed E-state index contributed by atoms with van der Waals surface area (Å²) in [6.45, 7) is 3.84. The molecule has 0 aliphatic carbocycles. The number of benzene rings is 3. The van der Waals surface area contributed by atoms with Gasteiger partial charge in [-0.15, -0.1) is 0 Å². The molecular weight excluding hydrogens is 656 g/mol. The number of alkyl halides is 3. The normalized spacial score (nSPS) is 16.5. The van der Waals surface area contributed by atoms with Crippen molar-refractivity contribution in [3.8, 4) is 16.9 Å². The monoisotopic (exact) mass is 685 g/mol. The van der Waals surface area contributed by atoms with Crippen LogP contribution in [0.15, 0.2) is 71.6 Å². The predicted molar refractivity (Wildman–Crippen MR) is 176 cm³/mol. The zero-order valence-corrected chi connectivity index (χ0v) is 26.6. The summed E-state index contributed by atoms with van der Waals surface area (Å²) in [5, 5.41) is 11.7. The molecule has 0 spiro atoms. The molecule has 0 bridgehead atoms. The van der Waals surface area contributed by atoms with E-state index in [0.29, 0.717) is 54.5 Å². The van der Waals surface area contributed by atoms with E-state index in [9.17, 15) is 27.6 Å². The third-order valence-electron chi connectivity index (χ3n) is 7.44. The molecule has 0 saturated carbocycles. The number of nitrogens with zero attached hydrogens (tertiary/aromatic N) is 2. The van der Waals surface area contributed by atoms with Crippen molar-refractivity contribution in [2.24, 2.45) is 0 Å². The molecular formula is C33H30F3N3O6S2. The number of anilines is 1. The van der Waals surface area contributed by atoms with Gasteiger partial charge in [0.05, 0.1) is 29.2 Å². The predicted octanol–water partition coefficient (Wildman–Crippen LogP) is 6.01. The first kappa shape index (κ1) is 34.1. The molecule has 0 atom stereocenters. The van der Waals surface area contributed by atoms with Crippen LogP contribution in [-0.2, 0) is 20.5 Å². The number of carbonyl (C=O) groups is 3. The number of halogens is 3. The number of thioether (sulfide) groups is 1. The topological polar surface area (TPSA) is 108 Å². The summed E-state index contributed by atoms with van der Waals surface area (Å²) in [6.07, 6.45) is -2.97. The smallest absolute Gasteiger partial charge is 0.416 e. The van der Waals surface area contributed by atoms with Gasteiger partial charge in [-0.2, -0.15) is 13.2 Å². The van der Waals surface area contributed by atoms with Crippen LogP contribution in [0.4, 0.5) is 18.9 Å². The standard InChI is InChI=1S/C33H30F3N3O6S2/c34-33(35,36)25-3-1-2-22(19-25)23-6-9-27(45-17-14-38-12-15-44-16-13-38)24(18-23)20-28-30(41)39(32(46)47-28)11-10-29(40)37-26-7-4-21(5-8-26)31(42)43/h1-9,18-20H,10-17H2,(H,37,40)(H,42,43). The first-order valence-corrected chi connectivity index (χ1v) is 15.8. The molecule has 2 saturated heterocycles. The first-order valence-electron chi connectivity index (χ1n) is 14.6. The number of aromatic carboxylic acids is 1. The highest BCUT2D eigenvalue weighted by Gasteiger charge is 2.33. The average molecular weight is 686 g/mol. The maximum Gasteiger partial charge on any atom is 0.416 e. The van der Waals surface area contributed by atoms with E-state index >= 15 is 0 Å². The van der Waals surface area contributed by atoms with Crippen LogP contribution in [0.5, 0.6) is 5.75 Å². The fourth-order valence-electron chi connectivity index (χ4n) is 4.92. The number of carboxylic acid groups (broad SMARTS) is 1. The number of hydrogen-bond donors (Lipinski definition) is 2. The summed E-state index contributed by atoms with van der Waals surface area (Å²) in [4.78, 5) is 40.8. The average Bonchev–Trinajstić information content (AvgIpc) is 3.32. The minimum atomic E-state index is -4.50. The second-order valence-electron chi connectivity index (χ2n) is 10.6. The van der Waals surface area contributed by atoms with Crippen LogP contribution in [0.2, 0.25) is 0 Å². The highest BCUT2D eigenvalue weighted by molar-refractivity contribution is 8.26. The lowest BCUT2D eigenvalue weighted by atomic mass is 10.00. The molecule has 2 aliphatic rings. The van der Waals surface area contributed by atoms with Crippen molar-refractivity contribution in [1.82, 2.24) is 9.80 Å². The van der Waals surface area contributed by atoms with Crippen LogP contribution in [0.1, 0.15) is 27.9 Å². The largest absolute Gasteiger partial charge is 0.492 e. The maximum absolute atomic E-state index is 13.4. The van der Waals surface area contributed by atoms with Crippen LogP contribution in [-0.4, -0.2) is 83.0 Å². The zero-order chi connectivity index (χ0) is 33.6. The van der Waals surface area contributed by atoms with E-state index in [0.717, 1.165) is 37.0 Å². The molecule has 14 heteroatoms. The van der Waals surface area contributed by atoms with E-state index in [4.69, 9.17) is 26.8 Å². The van der Waals surface area contributed by atoms with Crippen molar-refractivity contribution in [1.29, 1.82) is 0 Å². The zero-order valence-electron chi connectivity index (χ0n) is 24.9. The fourth-order valence-corrected chi connectivity index (χ4v) is 6.22. The van der Waals surface area contributed by atoms with Crippen LogP contribution in [0.25, 0.3) is 17.2 Å². The number of rotatable bonds is 11. The SMILES string of the molecule is O=C(CCN1C(=O)C(=Cc2cc(-c3cccc(C(F)(F)F)c3)ccc2OCCN2CCOCC2)SC1=S)Nc1ccc(C(=O)O)cc1. The minimum Gasteiger partial charge on any atom is -0.492 e. The van der Waals surface area contributed by atoms with Crippen molar-refractivity contribution in [2.45, 2.75) is 12.6 Å². The molecule has 0 radical (unpaired) electrons. The summed E-state index contributed by atoms with van der Waals surface area (Å²) < 4.78 is 52.0. The number of morpholine rings is 1. The highest BCUT2D eigenvalue weighted by Crippen LogP contribution is 2.37. The Bertz CT molecular complexity index is 1690. The molecule has 5 rings (SSSR count). The Balaban J connectivity index is 1.32. The Morgan fingerprint density at radius 1 is 1.02 bits per heavy atom. The lowest BCUT2D eigenvalue weighted by Crippen LogP contribution is -2.38. The Morgan fingerprint density at radius 2 is 1.74 bits per heavy atom. The molecule has 3 aromatic rings. The van der Waals surface area contributed by atoms with Crippen LogP contribution in [0.3, 0.4) is 0 Å². The van der Waals surface area contributed by atoms with Crippen molar-refractivity contribution in [3.05, 3.63) is 88.3 Å². The number of carboxylic acids is 1. The maximum atomic E-state index is 13.4. The molecule has 2 N–H and O–H groups in total. The molecule has 0 unspecified atom stereocenters. The molecule has 2 heterocycles. The number of hydrogen-bond acceptors (Lipinski definition) is 8. The highest BCUT2D eigenvalue weighted by atomic mass is 32.2. The Kier molecular flexibility index (Phi) is 11.0. The molecule has 9 nitrogen and oxygen atoms in total. The Morgan fingerprint density at radius 3 is 2.45 bits per heavy atom. The molecule has 2 fully saturated rings. The van der Waals surface area contributed by atoms with E-state index in [-0.39, 0.29) is 27.8 Å². The van der Waals surface area contributed by atoms with Gasteiger partial charge in [0.2, 0.25) is 5.91 Å². The summed E-state index contributed by atoms with van der Waals surface area (Å²) >= 11 is 6.50. The molecule has 2 amide bonds. The van der Waals surface area contributed by atoms with E-state index in [1.165, 1.54) is 35.2 Å². The third-order valence-corrected chi connectivity index (χ3v) is 8.82. The summed E-state index contributed by atoms with van der Waals surface area (Å²) in [5.41, 5.74) is 1.07. The van der Waals surface area contributed by atoms with Gasteiger partial charge in [-0.3, -0.25) is 19.4 Å². The van der Waals surface area contributed by atoms with E-state index in [1.807, 2.05) is 0 Å². The summed E-state index contributed by atoms with van der Waals surface area (Å²) in [5.74, 6) is -1.44. The van der Waals surface area contributed by atoms with E-state index in [1.54, 1.807) is 30.3 Å². The van der Waals surface area contributed by atoms with Gasteiger partial charge >= 0.3 is 12.1 Å². The lowest BCUT2D eigenvalue weighted by molar-refractivity contribution is -0.137. The van der Waals surface area contributed by atoms with Crippen molar-refractivity contribution in [3.63, 3.8) is 0 Å². The number of carbonyl (C=O) groups excluding carboxylic acids is 2. The molecule has 246 valence electrons. The third kappa shape index (κ3) is 8.98. The van der Waals surface area contributed by atoms with Gasteiger partial charge in [0.1, 0.15) is 16.7 Å². The fraction of sp³-hybridized carbons (Fsp3) is 0.273. The number of ether oxygens (including phenoxy) is 2. The Hall–Kier alpha value is -4.24. The van der Waals surface area contributed by atoms with Gasteiger partial charge in [-0.1, -0.05) is 42.2 Å². The van der Waals surface area contributed by atoms with Gasteiger partial charge in [-0.05, 0) is 65.7 Å². The van der Waals surface area contributed by atoms with Gasteiger partial charge in [0, 0.05) is 43.9 Å². The molecule has 2 aliphatic heterocycles. The quantitative estimate of drug-likeness (QED) is 0.185. The van der Waals surface area contributed by atoms with Crippen LogP contribution >= 0.6 is 24.0 Å². The van der Waals surface area contributed by atoms with E-state index in [2.05, 4.69) is 10.2 Å². The Labute approximate surface area is 278 Å².